The number of benzene rings is 1. The van der Waals surface area contributed by atoms with Crippen LogP contribution in [0.25, 0.3) is 0 Å². The van der Waals surface area contributed by atoms with Gasteiger partial charge in [0.25, 0.3) is 5.91 Å². The van der Waals surface area contributed by atoms with Crippen molar-refractivity contribution in [3.63, 3.8) is 0 Å². The third-order valence-electron chi connectivity index (χ3n) is 3.84. The molecule has 3 nitrogen and oxygen atoms in total. The van der Waals surface area contributed by atoms with Gasteiger partial charge in [-0.3, -0.25) is 4.79 Å². The van der Waals surface area contributed by atoms with Crippen molar-refractivity contribution in [3.8, 4) is 0 Å². The zero-order valence-electron chi connectivity index (χ0n) is 11.5. The Morgan fingerprint density at radius 1 is 1.47 bits per heavy atom. The summed E-state index contributed by atoms with van der Waals surface area (Å²) in [7, 11) is 0. The normalized spacial score (nSPS) is 21.3. The maximum atomic E-state index is 12.7. The topological polar surface area (TPSA) is 46.3 Å². The number of nitrogens with zero attached hydrogens (tertiary/aromatic N) is 1. The van der Waals surface area contributed by atoms with Gasteiger partial charge in [0.1, 0.15) is 0 Å². The minimum absolute atomic E-state index is 0.00663. The monoisotopic (exact) mass is 280 g/mol. The fraction of sp³-hybridized carbons (Fsp3) is 0.533. The van der Waals surface area contributed by atoms with Crippen LogP contribution in [0.5, 0.6) is 0 Å². The maximum Gasteiger partial charge on any atom is 0.255 e. The second-order valence-electron chi connectivity index (χ2n) is 5.36. The van der Waals surface area contributed by atoms with Crippen molar-refractivity contribution in [2.45, 2.75) is 45.2 Å². The van der Waals surface area contributed by atoms with E-state index in [1.807, 2.05) is 30.9 Å². The molecule has 4 heteroatoms. The van der Waals surface area contributed by atoms with Gasteiger partial charge < -0.3 is 10.6 Å². The van der Waals surface area contributed by atoms with E-state index in [4.69, 9.17) is 17.3 Å². The summed E-state index contributed by atoms with van der Waals surface area (Å²) in [5.74, 6) is 0.00991. The highest BCUT2D eigenvalue weighted by molar-refractivity contribution is 6.34. The molecule has 2 rings (SSSR count). The summed E-state index contributed by atoms with van der Waals surface area (Å²) >= 11 is 6.26. The fourth-order valence-corrected chi connectivity index (χ4v) is 2.93. The van der Waals surface area contributed by atoms with Crippen LogP contribution >= 0.6 is 11.6 Å². The molecule has 0 aliphatic carbocycles. The summed E-state index contributed by atoms with van der Waals surface area (Å²) in [4.78, 5) is 14.6. The molecule has 1 heterocycles. The molecule has 1 fully saturated rings. The van der Waals surface area contributed by atoms with Crippen molar-refractivity contribution < 1.29 is 4.79 Å². The molecule has 19 heavy (non-hydrogen) atoms. The number of carbonyl (C=O) groups excluding carboxylic acids is 1. The first-order chi connectivity index (χ1) is 9.02. The van der Waals surface area contributed by atoms with E-state index in [1.54, 1.807) is 6.07 Å². The van der Waals surface area contributed by atoms with Crippen molar-refractivity contribution in [2.75, 3.05) is 6.54 Å². The van der Waals surface area contributed by atoms with E-state index in [2.05, 4.69) is 0 Å². The first-order valence-corrected chi connectivity index (χ1v) is 7.22. The fourth-order valence-electron chi connectivity index (χ4n) is 2.72. The lowest BCUT2D eigenvalue weighted by Gasteiger charge is -2.38. The highest BCUT2D eigenvalue weighted by Gasteiger charge is 2.30. The second kappa shape index (κ2) is 5.93. The lowest BCUT2D eigenvalue weighted by Crippen LogP contribution is -2.51. The molecule has 2 atom stereocenters. The van der Waals surface area contributed by atoms with Gasteiger partial charge in [-0.15, -0.1) is 0 Å². The van der Waals surface area contributed by atoms with Gasteiger partial charge in [0.15, 0.2) is 0 Å². The Kier molecular flexibility index (Phi) is 4.48. The molecule has 2 unspecified atom stereocenters. The molecule has 1 aromatic rings. The van der Waals surface area contributed by atoms with Crippen molar-refractivity contribution in [3.05, 3.63) is 34.3 Å². The van der Waals surface area contributed by atoms with Crippen LogP contribution in [-0.4, -0.2) is 29.4 Å². The Hall–Kier alpha value is -1.06. The van der Waals surface area contributed by atoms with Crippen LogP contribution in [0, 0.1) is 6.92 Å². The molecule has 1 aliphatic heterocycles. The van der Waals surface area contributed by atoms with Gasteiger partial charge in [0.05, 0.1) is 10.6 Å². The average Bonchev–Trinajstić information content (AvgIpc) is 2.41. The highest BCUT2D eigenvalue weighted by atomic mass is 35.5. The number of hydrogen-bond acceptors (Lipinski definition) is 2. The van der Waals surface area contributed by atoms with E-state index in [-0.39, 0.29) is 18.0 Å². The Morgan fingerprint density at radius 2 is 2.21 bits per heavy atom. The minimum Gasteiger partial charge on any atom is -0.334 e. The summed E-state index contributed by atoms with van der Waals surface area (Å²) in [6.07, 6.45) is 3.16. The third-order valence-corrected chi connectivity index (χ3v) is 4.34. The summed E-state index contributed by atoms with van der Waals surface area (Å²) in [6, 6.07) is 5.70. The number of nitrogens with two attached hydrogens (primary N) is 1. The number of likely N-dealkylation sites (tertiary alicyclic amines) is 1. The Balaban J connectivity index is 2.29. The molecule has 1 aromatic carbocycles. The quantitative estimate of drug-likeness (QED) is 0.905. The van der Waals surface area contributed by atoms with Crippen molar-refractivity contribution >= 4 is 17.5 Å². The Bertz CT molecular complexity index is 473. The summed E-state index contributed by atoms with van der Waals surface area (Å²) in [5.41, 5.74) is 7.54. The molecule has 0 radical (unpaired) electrons. The molecule has 2 N–H and O–H groups in total. The maximum absolute atomic E-state index is 12.7. The van der Waals surface area contributed by atoms with E-state index in [1.165, 1.54) is 0 Å². The number of rotatable bonds is 2. The van der Waals surface area contributed by atoms with Gasteiger partial charge in [0, 0.05) is 18.6 Å². The predicted molar refractivity (Wildman–Crippen MR) is 78.5 cm³/mol. The standard InChI is InChI=1S/C15H21ClN2O/c1-10-6-5-7-12(14(10)16)15(19)18-9-4-3-8-13(18)11(2)17/h5-7,11,13H,3-4,8-9,17H2,1-2H3. The molecule has 0 saturated carbocycles. The van der Waals surface area contributed by atoms with Crippen LogP contribution in [0.4, 0.5) is 0 Å². The molecule has 1 saturated heterocycles. The molecule has 0 bridgehead atoms. The van der Waals surface area contributed by atoms with E-state index < -0.39 is 0 Å². The molecular weight excluding hydrogens is 260 g/mol. The zero-order valence-corrected chi connectivity index (χ0v) is 12.3. The number of hydrogen-bond donors (Lipinski definition) is 1. The molecule has 1 amide bonds. The van der Waals surface area contributed by atoms with Crippen LogP contribution in [0.1, 0.15) is 42.1 Å². The SMILES string of the molecule is Cc1cccc(C(=O)N2CCCCC2C(C)N)c1Cl. The van der Waals surface area contributed by atoms with E-state index in [9.17, 15) is 4.79 Å². The zero-order chi connectivity index (χ0) is 14.0. The summed E-state index contributed by atoms with van der Waals surface area (Å²) < 4.78 is 0. The van der Waals surface area contributed by atoms with Crippen LogP contribution in [0.3, 0.4) is 0 Å². The number of aryl methyl sites for hydroxylation is 1. The average molecular weight is 281 g/mol. The molecule has 1 aliphatic rings. The Labute approximate surface area is 119 Å². The number of amides is 1. The van der Waals surface area contributed by atoms with Gasteiger partial charge in [0.2, 0.25) is 0 Å². The van der Waals surface area contributed by atoms with Gasteiger partial charge in [-0.05, 0) is 44.7 Å². The van der Waals surface area contributed by atoms with Gasteiger partial charge >= 0.3 is 0 Å². The predicted octanol–water partition coefficient (Wildman–Crippen LogP) is 2.99. The van der Waals surface area contributed by atoms with Crippen LogP contribution in [0.2, 0.25) is 5.02 Å². The van der Waals surface area contributed by atoms with Crippen molar-refractivity contribution in [1.29, 1.82) is 0 Å². The van der Waals surface area contributed by atoms with Gasteiger partial charge in [-0.25, -0.2) is 0 Å². The summed E-state index contributed by atoms with van der Waals surface area (Å²) in [6.45, 7) is 4.65. The molecule has 0 aromatic heterocycles. The smallest absolute Gasteiger partial charge is 0.255 e. The van der Waals surface area contributed by atoms with E-state index in [0.29, 0.717) is 10.6 Å². The lowest BCUT2D eigenvalue weighted by atomic mass is 9.96. The molecular formula is C15H21ClN2O. The van der Waals surface area contributed by atoms with Crippen LogP contribution in [-0.2, 0) is 0 Å². The number of piperidine rings is 1. The van der Waals surface area contributed by atoms with Crippen molar-refractivity contribution in [2.24, 2.45) is 5.73 Å². The lowest BCUT2D eigenvalue weighted by molar-refractivity contribution is 0.0584. The third kappa shape index (κ3) is 2.93. The molecule has 0 spiro atoms. The van der Waals surface area contributed by atoms with Gasteiger partial charge in [-0.1, -0.05) is 23.7 Å². The van der Waals surface area contributed by atoms with E-state index in [0.717, 1.165) is 31.4 Å². The molecule has 104 valence electrons. The largest absolute Gasteiger partial charge is 0.334 e. The van der Waals surface area contributed by atoms with E-state index >= 15 is 0 Å². The van der Waals surface area contributed by atoms with Crippen LogP contribution < -0.4 is 5.73 Å². The number of carbonyl (C=O) groups is 1. The highest BCUT2D eigenvalue weighted by Crippen LogP contribution is 2.26. The first kappa shape index (κ1) is 14.4. The second-order valence-corrected chi connectivity index (χ2v) is 5.74. The summed E-state index contributed by atoms with van der Waals surface area (Å²) in [5, 5.41) is 0.557. The number of halogens is 1. The first-order valence-electron chi connectivity index (χ1n) is 6.84. The minimum atomic E-state index is -0.00663. The van der Waals surface area contributed by atoms with Crippen molar-refractivity contribution in [1.82, 2.24) is 4.90 Å². The van der Waals surface area contributed by atoms with Crippen LogP contribution in [0.15, 0.2) is 18.2 Å². The Morgan fingerprint density at radius 3 is 2.89 bits per heavy atom. The van der Waals surface area contributed by atoms with Gasteiger partial charge in [-0.2, -0.15) is 0 Å².